The van der Waals surface area contributed by atoms with Crippen LogP contribution in [-0.2, 0) is 0 Å². The minimum Gasteiger partial charge on any atom is -0.385 e. The van der Waals surface area contributed by atoms with Crippen LogP contribution in [0.1, 0.15) is 42.0 Å². The van der Waals surface area contributed by atoms with Gasteiger partial charge in [-0.1, -0.05) is 147 Å². The summed E-state index contributed by atoms with van der Waals surface area (Å²) in [4.78, 5) is 2.31. The quantitative estimate of drug-likeness (QED) is 0.111. The Bertz CT molecular complexity index is 1560. The number of unbranched alkanes of at least 4 members (excludes halogenated alkanes) is 1. The first kappa shape index (κ1) is 30.1. The van der Waals surface area contributed by atoms with Crippen molar-refractivity contribution in [3.05, 3.63) is 180 Å². The van der Waals surface area contributed by atoms with Crippen LogP contribution in [0.3, 0.4) is 0 Å². The summed E-state index contributed by atoms with van der Waals surface area (Å²) in [6.45, 7) is 3.21. The second-order valence-electron chi connectivity index (χ2n) is 10.6. The van der Waals surface area contributed by atoms with Crippen LogP contribution >= 0.6 is 0 Å². The molecule has 0 aliphatic rings. The highest BCUT2D eigenvalue weighted by Gasteiger charge is 2.12. The molecule has 0 aliphatic heterocycles. The topological polar surface area (TPSA) is 15.3 Å². The molecule has 0 aliphatic carbocycles. The van der Waals surface area contributed by atoms with Crippen LogP contribution in [0.5, 0.6) is 0 Å². The fraction of sp³-hybridized carbons (Fsp3) is 0.0952. The van der Waals surface area contributed by atoms with Crippen molar-refractivity contribution in [1.29, 1.82) is 0 Å². The zero-order valence-corrected chi connectivity index (χ0v) is 25.4. The average molecular weight is 573 g/mol. The van der Waals surface area contributed by atoms with Crippen molar-refractivity contribution in [2.45, 2.75) is 19.8 Å². The molecule has 5 aromatic rings. The number of anilines is 4. The van der Waals surface area contributed by atoms with Gasteiger partial charge in [-0.3, -0.25) is 0 Å². The summed E-state index contributed by atoms with van der Waals surface area (Å²) in [6, 6.07) is 46.9. The molecule has 2 heteroatoms. The first-order valence-electron chi connectivity index (χ1n) is 15.4. The number of nitrogens with zero attached hydrogens (tertiary/aromatic N) is 1. The Labute approximate surface area is 263 Å². The molecular weight excluding hydrogens is 532 g/mol. The third-order valence-corrected chi connectivity index (χ3v) is 7.26. The molecule has 218 valence electrons. The molecule has 0 aromatic heterocycles. The Kier molecular flexibility index (Phi) is 11.2. The van der Waals surface area contributed by atoms with Crippen molar-refractivity contribution >= 4 is 47.1 Å². The zero-order chi connectivity index (χ0) is 30.2. The Morgan fingerprint density at radius 3 is 1.20 bits per heavy atom. The molecule has 0 amide bonds. The Hall–Kier alpha value is -5.34. The highest BCUT2D eigenvalue weighted by atomic mass is 15.1. The summed E-state index contributed by atoms with van der Waals surface area (Å²) in [5.74, 6) is 0. The molecule has 0 fully saturated rings. The van der Waals surface area contributed by atoms with E-state index < -0.39 is 0 Å². The molecular formula is C42H40N2. The molecule has 0 saturated carbocycles. The Balaban J connectivity index is 1.34. The lowest BCUT2D eigenvalue weighted by atomic mass is 10.1. The van der Waals surface area contributed by atoms with Crippen molar-refractivity contribution in [2.24, 2.45) is 0 Å². The molecule has 0 unspecified atom stereocenters. The Morgan fingerprint density at radius 2 is 0.818 bits per heavy atom. The number of hydrogen-bond acceptors (Lipinski definition) is 2. The molecule has 1 N–H and O–H groups in total. The van der Waals surface area contributed by atoms with Crippen LogP contribution in [-0.4, -0.2) is 6.54 Å². The standard InChI is InChI=1S/C42H40N2/c1-2-3-34-43-39-26-32-42(33-27-39)44(40-28-22-37(23-29-40)20-12-10-18-35-14-6-4-7-15-35)41-30-24-38(25-31-41)21-13-11-19-36-16-8-5-9-17-36/h4-33,43H,2-3,34H2,1H3/b18-10+,19-11+,20-12+,21-13+. The van der Waals surface area contributed by atoms with Crippen molar-refractivity contribution in [3.8, 4) is 0 Å². The molecule has 0 heterocycles. The van der Waals surface area contributed by atoms with E-state index >= 15 is 0 Å². The predicted molar refractivity (Wildman–Crippen MR) is 194 cm³/mol. The lowest BCUT2D eigenvalue weighted by Crippen LogP contribution is -2.10. The number of nitrogens with one attached hydrogen (secondary N) is 1. The van der Waals surface area contributed by atoms with Gasteiger partial charge in [-0.15, -0.1) is 0 Å². The van der Waals surface area contributed by atoms with Crippen LogP contribution < -0.4 is 10.2 Å². The highest BCUT2D eigenvalue weighted by molar-refractivity contribution is 5.78. The van der Waals surface area contributed by atoms with Crippen LogP contribution in [0, 0.1) is 0 Å². The summed E-state index contributed by atoms with van der Waals surface area (Å²) >= 11 is 0. The van der Waals surface area contributed by atoms with E-state index in [1.165, 1.54) is 24.0 Å². The van der Waals surface area contributed by atoms with E-state index in [0.29, 0.717) is 0 Å². The lowest BCUT2D eigenvalue weighted by molar-refractivity contribution is 0.834. The van der Waals surface area contributed by atoms with Crippen LogP contribution in [0.2, 0.25) is 0 Å². The highest BCUT2D eigenvalue weighted by Crippen LogP contribution is 2.35. The van der Waals surface area contributed by atoms with E-state index in [9.17, 15) is 0 Å². The summed E-state index contributed by atoms with van der Waals surface area (Å²) in [6.07, 6.45) is 19.2. The maximum Gasteiger partial charge on any atom is 0.0463 e. The minimum absolute atomic E-state index is 0.991. The van der Waals surface area contributed by atoms with Crippen molar-refractivity contribution in [2.75, 3.05) is 16.8 Å². The largest absolute Gasteiger partial charge is 0.385 e. The molecule has 0 radical (unpaired) electrons. The second kappa shape index (κ2) is 16.3. The molecule has 2 nitrogen and oxygen atoms in total. The average Bonchev–Trinajstić information content (AvgIpc) is 3.08. The van der Waals surface area contributed by atoms with Gasteiger partial charge in [0.1, 0.15) is 0 Å². The minimum atomic E-state index is 0.991. The Morgan fingerprint density at radius 1 is 0.455 bits per heavy atom. The number of benzene rings is 5. The smallest absolute Gasteiger partial charge is 0.0463 e. The predicted octanol–water partition coefficient (Wildman–Crippen LogP) is 11.8. The van der Waals surface area contributed by atoms with Gasteiger partial charge < -0.3 is 10.2 Å². The van der Waals surface area contributed by atoms with Gasteiger partial charge >= 0.3 is 0 Å². The molecule has 0 saturated heterocycles. The molecule has 0 atom stereocenters. The number of allylic oxidation sites excluding steroid dienone is 4. The maximum absolute atomic E-state index is 3.53. The van der Waals surface area contributed by atoms with E-state index in [-0.39, 0.29) is 0 Å². The van der Waals surface area contributed by atoms with Gasteiger partial charge in [0.05, 0.1) is 0 Å². The van der Waals surface area contributed by atoms with Gasteiger partial charge in [-0.05, 0) is 77.2 Å². The van der Waals surface area contributed by atoms with Crippen molar-refractivity contribution < 1.29 is 0 Å². The molecule has 5 aromatic carbocycles. The number of hydrogen-bond donors (Lipinski definition) is 1. The lowest BCUT2D eigenvalue weighted by Gasteiger charge is -2.26. The normalized spacial score (nSPS) is 11.7. The summed E-state index contributed by atoms with van der Waals surface area (Å²) in [5.41, 5.74) is 9.20. The van der Waals surface area contributed by atoms with Gasteiger partial charge in [-0.25, -0.2) is 0 Å². The van der Waals surface area contributed by atoms with Crippen LogP contribution in [0.25, 0.3) is 24.3 Å². The molecule has 0 bridgehead atoms. The third-order valence-electron chi connectivity index (χ3n) is 7.26. The van der Waals surface area contributed by atoms with Crippen molar-refractivity contribution in [3.63, 3.8) is 0 Å². The van der Waals surface area contributed by atoms with E-state index in [0.717, 1.165) is 40.4 Å². The van der Waals surface area contributed by atoms with Gasteiger partial charge in [0.25, 0.3) is 0 Å². The van der Waals surface area contributed by atoms with Gasteiger partial charge in [0.2, 0.25) is 0 Å². The van der Waals surface area contributed by atoms with E-state index in [1.54, 1.807) is 0 Å². The summed E-state index contributed by atoms with van der Waals surface area (Å²) in [7, 11) is 0. The first-order chi connectivity index (χ1) is 21.8. The van der Waals surface area contributed by atoms with Gasteiger partial charge in [0, 0.05) is 29.3 Å². The molecule has 0 spiro atoms. The first-order valence-corrected chi connectivity index (χ1v) is 15.4. The van der Waals surface area contributed by atoms with E-state index in [1.807, 2.05) is 12.1 Å². The third kappa shape index (κ3) is 9.08. The monoisotopic (exact) mass is 572 g/mol. The molecule has 5 rings (SSSR count). The molecule has 44 heavy (non-hydrogen) atoms. The second-order valence-corrected chi connectivity index (χ2v) is 10.6. The number of rotatable bonds is 13. The van der Waals surface area contributed by atoms with Crippen LogP contribution in [0.4, 0.5) is 22.7 Å². The van der Waals surface area contributed by atoms with Gasteiger partial charge in [0.15, 0.2) is 0 Å². The van der Waals surface area contributed by atoms with E-state index in [4.69, 9.17) is 0 Å². The summed E-state index contributed by atoms with van der Waals surface area (Å²) in [5, 5.41) is 3.53. The summed E-state index contributed by atoms with van der Waals surface area (Å²) < 4.78 is 0. The van der Waals surface area contributed by atoms with E-state index in [2.05, 4.69) is 187 Å². The van der Waals surface area contributed by atoms with Gasteiger partial charge in [-0.2, -0.15) is 0 Å². The fourth-order valence-corrected chi connectivity index (χ4v) is 4.85. The van der Waals surface area contributed by atoms with Crippen molar-refractivity contribution in [1.82, 2.24) is 0 Å². The SMILES string of the molecule is CCCCNc1ccc(N(c2ccc(/C=C/C=C/c3ccccc3)cc2)c2ccc(/C=C/C=C/c3ccccc3)cc2)cc1. The fourth-order valence-electron chi connectivity index (χ4n) is 4.85. The maximum atomic E-state index is 3.53. The zero-order valence-electron chi connectivity index (χ0n) is 25.4. The van der Waals surface area contributed by atoms with Crippen LogP contribution in [0.15, 0.2) is 158 Å².